The number of carbonyl (C=O) groups excluding carboxylic acids is 1. The average Bonchev–Trinajstić information content (AvgIpc) is 3.15. The summed E-state index contributed by atoms with van der Waals surface area (Å²) in [6.45, 7) is 6.34. The van der Waals surface area contributed by atoms with E-state index in [-0.39, 0.29) is 12.1 Å². The van der Waals surface area contributed by atoms with E-state index in [0.717, 1.165) is 30.0 Å². The Morgan fingerprint density at radius 3 is 2.95 bits per heavy atom. The minimum Gasteiger partial charge on any atom is -0.329 e. The molecule has 1 saturated carbocycles. The van der Waals surface area contributed by atoms with Crippen LogP contribution in [0, 0.1) is 0 Å². The summed E-state index contributed by atoms with van der Waals surface area (Å²) in [4.78, 5) is 20.0. The van der Waals surface area contributed by atoms with E-state index in [2.05, 4.69) is 24.1 Å². The first-order valence-corrected chi connectivity index (χ1v) is 10.0. The lowest BCUT2D eigenvalue weighted by Gasteiger charge is -2.26. The van der Waals surface area contributed by atoms with E-state index in [1.807, 2.05) is 36.8 Å². The lowest BCUT2D eigenvalue weighted by atomic mass is 10.2. The fraction of sp³-hybridized carbons (Fsp3) is 0.750. The van der Waals surface area contributed by atoms with Gasteiger partial charge in [-0.15, -0.1) is 11.3 Å². The first-order chi connectivity index (χ1) is 10.5. The number of urea groups is 1. The predicted octanol–water partition coefficient (Wildman–Crippen LogP) is 4.08. The standard InChI is InChI=1S/C16H27N3OS2/c1-5-13-10-17-15(22-13)11(3)18-16(20)19(4)12-7-8-14(9-12)21-6-2/h10-12,14H,5-9H2,1-4H3,(H,18,20)/t11-,12+,14-/m1/s1. The molecule has 1 heterocycles. The number of rotatable bonds is 6. The second-order valence-corrected chi connectivity index (χ2v) is 8.57. The van der Waals surface area contributed by atoms with Gasteiger partial charge in [0.25, 0.3) is 0 Å². The molecule has 2 rings (SSSR count). The summed E-state index contributed by atoms with van der Waals surface area (Å²) in [6, 6.07) is 0.370. The van der Waals surface area contributed by atoms with Gasteiger partial charge in [0.15, 0.2) is 0 Å². The van der Waals surface area contributed by atoms with Crippen LogP contribution in [-0.2, 0) is 6.42 Å². The third-order valence-corrected chi connectivity index (χ3v) is 6.81. The number of aromatic nitrogens is 1. The van der Waals surface area contributed by atoms with Gasteiger partial charge in [0.05, 0.1) is 6.04 Å². The van der Waals surface area contributed by atoms with Crippen LogP contribution in [0.2, 0.25) is 0 Å². The van der Waals surface area contributed by atoms with E-state index >= 15 is 0 Å². The fourth-order valence-electron chi connectivity index (χ4n) is 2.86. The van der Waals surface area contributed by atoms with Gasteiger partial charge in [-0.2, -0.15) is 11.8 Å². The summed E-state index contributed by atoms with van der Waals surface area (Å²) in [5, 5.41) is 4.79. The van der Waals surface area contributed by atoms with Gasteiger partial charge in [0.1, 0.15) is 5.01 Å². The second kappa shape index (κ2) is 8.20. The molecule has 6 heteroatoms. The van der Waals surface area contributed by atoms with Crippen LogP contribution in [0.25, 0.3) is 0 Å². The molecule has 0 bridgehead atoms. The smallest absolute Gasteiger partial charge is 0.317 e. The molecule has 1 aromatic rings. The number of hydrogen-bond acceptors (Lipinski definition) is 4. The van der Waals surface area contributed by atoms with E-state index in [0.29, 0.717) is 11.3 Å². The van der Waals surface area contributed by atoms with Crippen molar-refractivity contribution in [1.82, 2.24) is 15.2 Å². The van der Waals surface area contributed by atoms with Gasteiger partial charge in [-0.3, -0.25) is 0 Å². The Morgan fingerprint density at radius 1 is 1.55 bits per heavy atom. The zero-order valence-corrected chi connectivity index (χ0v) is 15.6. The summed E-state index contributed by atoms with van der Waals surface area (Å²) in [5.74, 6) is 1.16. The summed E-state index contributed by atoms with van der Waals surface area (Å²) in [7, 11) is 1.92. The summed E-state index contributed by atoms with van der Waals surface area (Å²) in [6.07, 6.45) is 6.37. The molecule has 0 aromatic carbocycles. The van der Waals surface area contributed by atoms with Crippen molar-refractivity contribution in [3.8, 4) is 0 Å². The molecule has 22 heavy (non-hydrogen) atoms. The Morgan fingerprint density at radius 2 is 2.32 bits per heavy atom. The minimum atomic E-state index is -0.0255. The Hall–Kier alpha value is -0.750. The number of nitrogens with one attached hydrogen (secondary N) is 1. The predicted molar refractivity (Wildman–Crippen MR) is 95.8 cm³/mol. The Bertz CT molecular complexity index is 491. The van der Waals surface area contributed by atoms with Crippen LogP contribution in [-0.4, -0.2) is 40.0 Å². The van der Waals surface area contributed by atoms with Crippen molar-refractivity contribution >= 4 is 29.1 Å². The highest BCUT2D eigenvalue weighted by molar-refractivity contribution is 7.99. The molecule has 3 atom stereocenters. The van der Waals surface area contributed by atoms with Crippen molar-refractivity contribution < 1.29 is 4.79 Å². The summed E-state index contributed by atoms with van der Waals surface area (Å²) in [5.41, 5.74) is 0. The van der Waals surface area contributed by atoms with Crippen LogP contribution >= 0.6 is 23.1 Å². The van der Waals surface area contributed by atoms with Crippen LogP contribution < -0.4 is 5.32 Å². The van der Waals surface area contributed by atoms with E-state index in [4.69, 9.17) is 0 Å². The van der Waals surface area contributed by atoms with Crippen LogP contribution in [0.4, 0.5) is 4.79 Å². The number of hydrogen-bond donors (Lipinski definition) is 1. The quantitative estimate of drug-likeness (QED) is 0.848. The van der Waals surface area contributed by atoms with Crippen LogP contribution in [0.1, 0.15) is 56.0 Å². The molecule has 0 radical (unpaired) electrons. The zero-order valence-electron chi connectivity index (χ0n) is 14.0. The molecule has 124 valence electrons. The van der Waals surface area contributed by atoms with E-state index in [9.17, 15) is 4.79 Å². The maximum absolute atomic E-state index is 12.4. The first-order valence-electron chi connectivity index (χ1n) is 8.14. The molecule has 4 nitrogen and oxygen atoms in total. The number of amides is 2. The van der Waals surface area contributed by atoms with Crippen molar-refractivity contribution in [2.24, 2.45) is 0 Å². The minimum absolute atomic E-state index is 0.0212. The Labute approximate surface area is 142 Å². The van der Waals surface area contributed by atoms with Crippen LogP contribution in [0.15, 0.2) is 6.20 Å². The molecular formula is C16H27N3OS2. The highest BCUT2D eigenvalue weighted by Crippen LogP contribution is 2.32. The molecule has 0 aliphatic heterocycles. The first kappa shape index (κ1) is 17.6. The molecular weight excluding hydrogens is 314 g/mol. The van der Waals surface area contributed by atoms with Crippen molar-refractivity contribution in [3.05, 3.63) is 16.1 Å². The van der Waals surface area contributed by atoms with Gasteiger partial charge in [0.2, 0.25) is 0 Å². The number of thioether (sulfide) groups is 1. The SMILES string of the molecule is CCS[C@@H]1CC[C@H](N(C)C(=O)N[C@H](C)c2ncc(CC)s2)C1. The third kappa shape index (κ3) is 4.38. The van der Waals surface area contributed by atoms with Gasteiger partial charge < -0.3 is 10.2 Å². The summed E-state index contributed by atoms with van der Waals surface area (Å²) >= 11 is 3.71. The normalized spacial score (nSPS) is 22.5. The van der Waals surface area contributed by atoms with E-state index in [1.165, 1.54) is 11.3 Å². The molecule has 0 unspecified atom stereocenters. The zero-order chi connectivity index (χ0) is 16.1. The molecule has 1 aromatic heterocycles. The molecule has 0 saturated heterocycles. The average molecular weight is 342 g/mol. The maximum atomic E-state index is 12.4. The Balaban J connectivity index is 1.86. The molecule has 1 N–H and O–H groups in total. The monoisotopic (exact) mass is 341 g/mol. The summed E-state index contributed by atoms with van der Waals surface area (Å²) < 4.78 is 0. The largest absolute Gasteiger partial charge is 0.329 e. The fourth-order valence-corrected chi connectivity index (χ4v) is 4.85. The van der Waals surface area contributed by atoms with E-state index < -0.39 is 0 Å². The molecule has 0 spiro atoms. The Kier molecular flexibility index (Phi) is 6.56. The van der Waals surface area contributed by atoms with E-state index in [1.54, 1.807) is 11.3 Å². The molecule has 2 amide bonds. The van der Waals surface area contributed by atoms with Crippen LogP contribution in [0.5, 0.6) is 0 Å². The third-order valence-electron chi connectivity index (χ3n) is 4.26. The molecule has 1 aliphatic rings. The van der Waals surface area contributed by atoms with Gasteiger partial charge in [-0.25, -0.2) is 9.78 Å². The number of nitrogens with zero attached hydrogens (tertiary/aromatic N) is 2. The maximum Gasteiger partial charge on any atom is 0.317 e. The van der Waals surface area contributed by atoms with Gasteiger partial charge >= 0.3 is 6.03 Å². The number of carbonyl (C=O) groups is 1. The molecule has 1 fully saturated rings. The lowest BCUT2D eigenvalue weighted by Crippen LogP contribution is -2.43. The number of thiazole rings is 1. The van der Waals surface area contributed by atoms with Crippen molar-refractivity contribution in [1.29, 1.82) is 0 Å². The topological polar surface area (TPSA) is 45.2 Å². The second-order valence-electron chi connectivity index (χ2n) is 5.84. The van der Waals surface area contributed by atoms with Gasteiger partial charge in [0, 0.05) is 29.4 Å². The van der Waals surface area contributed by atoms with Gasteiger partial charge in [-0.1, -0.05) is 13.8 Å². The van der Waals surface area contributed by atoms with Gasteiger partial charge in [-0.05, 0) is 38.4 Å². The van der Waals surface area contributed by atoms with Crippen molar-refractivity contribution in [2.45, 2.75) is 63.8 Å². The van der Waals surface area contributed by atoms with Crippen LogP contribution in [0.3, 0.4) is 0 Å². The lowest BCUT2D eigenvalue weighted by molar-refractivity contribution is 0.188. The highest BCUT2D eigenvalue weighted by atomic mass is 32.2. The van der Waals surface area contributed by atoms with Crippen molar-refractivity contribution in [3.63, 3.8) is 0 Å². The number of aryl methyl sites for hydroxylation is 1. The highest BCUT2D eigenvalue weighted by Gasteiger charge is 2.30. The van der Waals surface area contributed by atoms with Crippen molar-refractivity contribution in [2.75, 3.05) is 12.8 Å². The molecule has 1 aliphatic carbocycles.